The molecule has 7 nitrogen and oxygen atoms in total. The van der Waals surface area contributed by atoms with Crippen LogP contribution < -0.4 is 5.32 Å². The molecule has 1 saturated carbocycles. The third kappa shape index (κ3) is 3.99. The number of alkyl halides is 2. The number of aromatic nitrogens is 5. The molecule has 1 aliphatic carbocycles. The first-order valence-corrected chi connectivity index (χ1v) is 10.9. The number of nitrogens with one attached hydrogen (secondary N) is 1. The molecule has 5 rings (SSSR count). The Hall–Kier alpha value is -3.62. The quantitative estimate of drug-likeness (QED) is 0.450. The largest absolute Gasteiger partial charge is 0.317 e. The van der Waals surface area contributed by atoms with Gasteiger partial charge in [-0.3, -0.25) is 9.48 Å². The molecule has 1 N–H and O–H groups in total. The van der Waals surface area contributed by atoms with E-state index in [9.17, 15) is 13.6 Å². The molecular weight excluding hydrogens is 426 g/mol. The van der Waals surface area contributed by atoms with Gasteiger partial charge in [0.1, 0.15) is 5.69 Å². The van der Waals surface area contributed by atoms with Crippen LogP contribution in [0.25, 0.3) is 5.65 Å². The lowest BCUT2D eigenvalue weighted by atomic mass is 10.1. The first-order valence-electron chi connectivity index (χ1n) is 10.9. The zero-order chi connectivity index (χ0) is 23.3. The van der Waals surface area contributed by atoms with E-state index >= 15 is 0 Å². The number of halogens is 2. The molecule has 1 aromatic carbocycles. The van der Waals surface area contributed by atoms with Crippen molar-refractivity contribution in [3.8, 4) is 0 Å². The molecule has 3 aromatic heterocycles. The number of fused-ring (bicyclic) bond motifs is 1. The smallest absolute Gasteiger partial charge is 0.280 e. The Bertz CT molecular complexity index is 1370. The van der Waals surface area contributed by atoms with Gasteiger partial charge in [0.2, 0.25) is 0 Å². The Kier molecular flexibility index (Phi) is 5.19. The minimum atomic E-state index is -2.71. The number of nitrogens with zero attached hydrogens (tertiary/aromatic N) is 5. The van der Waals surface area contributed by atoms with E-state index in [-0.39, 0.29) is 23.0 Å². The van der Waals surface area contributed by atoms with Crippen LogP contribution in [0.15, 0.2) is 36.4 Å². The first-order chi connectivity index (χ1) is 15.8. The monoisotopic (exact) mass is 450 g/mol. The second-order valence-electron chi connectivity index (χ2n) is 8.56. The van der Waals surface area contributed by atoms with Crippen LogP contribution in [0.1, 0.15) is 69.6 Å². The highest BCUT2D eigenvalue weighted by Crippen LogP contribution is 2.40. The summed E-state index contributed by atoms with van der Waals surface area (Å²) in [6.45, 7) is 6.33. The van der Waals surface area contributed by atoms with Crippen LogP contribution in [0.2, 0.25) is 0 Å². The van der Waals surface area contributed by atoms with Gasteiger partial charge in [-0.1, -0.05) is 24.3 Å². The second-order valence-corrected chi connectivity index (χ2v) is 8.56. The van der Waals surface area contributed by atoms with Crippen molar-refractivity contribution in [3.63, 3.8) is 0 Å². The lowest BCUT2D eigenvalue weighted by molar-refractivity contribution is 0.102. The molecule has 0 unspecified atom stereocenters. The molecule has 3 heterocycles. The van der Waals surface area contributed by atoms with E-state index in [1.54, 1.807) is 0 Å². The number of rotatable bonds is 6. The summed E-state index contributed by atoms with van der Waals surface area (Å²) in [6.07, 6.45) is -0.829. The van der Waals surface area contributed by atoms with Crippen LogP contribution >= 0.6 is 0 Å². The van der Waals surface area contributed by atoms with Crippen LogP contribution in [0.4, 0.5) is 14.5 Å². The molecule has 1 amide bonds. The van der Waals surface area contributed by atoms with E-state index in [0.717, 1.165) is 34.2 Å². The van der Waals surface area contributed by atoms with Gasteiger partial charge >= 0.3 is 0 Å². The summed E-state index contributed by atoms with van der Waals surface area (Å²) in [7, 11) is 0. The average molecular weight is 450 g/mol. The third-order valence-electron chi connectivity index (χ3n) is 6.13. The predicted octanol–water partition coefficient (Wildman–Crippen LogP) is 4.97. The molecule has 0 aliphatic heterocycles. The van der Waals surface area contributed by atoms with Crippen molar-refractivity contribution < 1.29 is 13.6 Å². The summed E-state index contributed by atoms with van der Waals surface area (Å²) < 4.78 is 30.2. The SMILES string of the molecule is Cc1ccccc1Cn1nc(C)c(NC(=O)c2cc3nc(C4CC4)cc(C(F)F)n3n2)c1C. The van der Waals surface area contributed by atoms with Crippen LogP contribution in [0.5, 0.6) is 0 Å². The highest BCUT2D eigenvalue weighted by molar-refractivity contribution is 6.04. The fourth-order valence-electron chi connectivity index (χ4n) is 4.03. The maximum Gasteiger partial charge on any atom is 0.280 e. The summed E-state index contributed by atoms with van der Waals surface area (Å²) in [5.74, 6) is -0.278. The fourth-order valence-corrected chi connectivity index (χ4v) is 4.03. The Morgan fingerprint density at radius 2 is 1.91 bits per heavy atom. The van der Waals surface area contributed by atoms with Gasteiger partial charge < -0.3 is 5.32 Å². The number of carbonyl (C=O) groups is 1. The number of amides is 1. The number of aryl methyl sites for hydroxylation is 2. The topological polar surface area (TPSA) is 77.1 Å². The van der Waals surface area contributed by atoms with Gasteiger partial charge in [-0.15, -0.1) is 0 Å². The molecular formula is C24H24F2N6O. The maximum atomic E-state index is 13.6. The molecule has 4 aromatic rings. The van der Waals surface area contributed by atoms with Gasteiger partial charge in [-0.05, 0) is 50.8 Å². The van der Waals surface area contributed by atoms with E-state index < -0.39 is 12.3 Å². The van der Waals surface area contributed by atoms with Crippen molar-refractivity contribution in [1.29, 1.82) is 0 Å². The summed E-state index contributed by atoms with van der Waals surface area (Å²) >= 11 is 0. The highest BCUT2D eigenvalue weighted by atomic mass is 19.3. The van der Waals surface area contributed by atoms with Gasteiger partial charge in [-0.25, -0.2) is 18.3 Å². The van der Waals surface area contributed by atoms with Crippen molar-refractivity contribution in [2.24, 2.45) is 0 Å². The van der Waals surface area contributed by atoms with Crippen LogP contribution in [0.3, 0.4) is 0 Å². The molecule has 0 spiro atoms. The first kappa shape index (κ1) is 21.2. The van der Waals surface area contributed by atoms with Gasteiger partial charge in [0.15, 0.2) is 11.3 Å². The average Bonchev–Trinajstić information content (AvgIpc) is 3.49. The maximum absolute atomic E-state index is 13.6. The lowest BCUT2D eigenvalue weighted by Gasteiger charge is -2.08. The van der Waals surface area contributed by atoms with E-state index in [4.69, 9.17) is 0 Å². The number of benzene rings is 1. The van der Waals surface area contributed by atoms with Gasteiger partial charge in [0.05, 0.1) is 23.6 Å². The Balaban J connectivity index is 1.43. The van der Waals surface area contributed by atoms with Gasteiger partial charge in [0.25, 0.3) is 12.3 Å². The normalized spacial score (nSPS) is 13.8. The molecule has 170 valence electrons. The number of anilines is 1. The molecule has 1 aliphatic rings. The highest BCUT2D eigenvalue weighted by Gasteiger charge is 2.28. The minimum Gasteiger partial charge on any atom is -0.317 e. The molecule has 1 fully saturated rings. The predicted molar refractivity (Wildman–Crippen MR) is 120 cm³/mol. The standard InChI is InChI=1S/C24H24F2N6O/c1-13-6-4-5-7-17(13)12-31-15(3)22(14(2)29-31)28-24(33)19-11-21-27-18(16-8-9-16)10-20(23(25)26)32(21)30-19/h4-7,10-11,16,23H,8-9,12H2,1-3H3,(H,28,33). The zero-order valence-corrected chi connectivity index (χ0v) is 18.6. The van der Waals surface area contributed by atoms with Gasteiger partial charge in [-0.2, -0.15) is 10.2 Å². The van der Waals surface area contributed by atoms with Gasteiger partial charge in [0, 0.05) is 17.7 Å². The van der Waals surface area contributed by atoms with E-state index in [1.807, 2.05) is 49.7 Å². The number of hydrogen-bond donors (Lipinski definition) is 1. The van der Waals surface area contributed by atoms with Crippen molar-refractivity contribution in [1.82, 2.24) is 24.4 Å². The molecule has 0 atom stereocenters. The van der Waals surface area contributed by atoms with Crippen molar-refractivity contribution in [3.05, 3.63) is 76.0 Å². The summed E-state index contributed by atoms with van der Waals surface area (Å²) in [5, 5.41) is 11.6. The van der Waals surface area contributed by atoms with Crippen molar-refractivity contribution in [2.45, 2.75) is 52.5 Å². The van der Waals surface area contributed by atoms with Crippen LogP contribution in [-0.2, 0) is 6.54 Å². The minimum absolute atomic E-state index is 0.0304. The second kappa shape index (κ2) is 8.06. The van der Waals surface area contributed by atoms with E-state index in [1.165, 1.54) is 12.1 Å². The van der Waals surface area contributed by atoms with Crippen LogP contribution in [-0.4, -0.2) is 30.3 Å². The summed E-state index contributed by atoms with van der Waals surface area (Å²) in [5.41, 5.74) is 5.02. The summed E-state index contributed by atoms with van der Waals surface area (Å²) in [6, 6.07) is 10.9. The van der Waals surface area contributed by atoms with Crippen molar-refractivity contribution in [2.75, 3.05) is 5.32 Å². The Labute approximate surface area is 189 Å². The van der Waals surface area contributed by atoms with Crippen LogP contribution in [0, 0.1) is 20.8 Å². The molecule has 0 radical (unpaired) electrons. The van der Waals surface area contributed by atoms with E-state index in [2.05, 4.69) is 20.5 Å². The number of hydrogen-bond acceptors (Lipinski definition) is 4. The van der Waals surface area contributed by atoms with Crippen molar-refractivity contribution >= 4 is 17.2 Å². The van der Waals surface area contributed by atoms with E-state index in [0.29, 0.717) is 23.6 Å². The Morgan fingerprint density at radius 1 is 1.15 bits per heavy atom. The lowest BCUT2D eigenvalue weighted by Crippen LogP contribution is -2.14. The Morgan fingerprint density at radius 3 is 2.61 bits per heavy atom. The zero-order valence-electron chi connectivity index (χ0n) is 18.6. The molecule has 9 heteroatoms. The third-order valence-corrected chi connectivity index (χ3v) is 6.13. The molecule has 33 heavy (non-hydrogen) atoms. The molecule has 0 saturated heterocycles. The molecule has 0 bridgehead atoms. The fraction of sp³-hybridized carbons (Fsp3) is 0.333. The number of carbonyl (C=O) groups excluding carboxylic acids is 1. The summed E-state index contributed by atoms with van der Waals surface area (Å²) in [4.78, 5) is 17.4.